The molecular weight excluding hydrogens is 232 g/mol. The molecule has 0 bridgehead atoms. The molecule has 2 fully saturated rings. The molecule has 0 aromatic heterocycles. The number of hydrogen-bond acceptors (Lipinski definition) is 2. The lowest BCUT2D eigenvalue weighted by atomic mass is 9.78. The van der Waals surface area contributed by atoms with Crippen molar-refractivity contribution >= 4 is 0 Å². The van der Waals surface area contributed by atoms with E-state index in [-0.39, 0.29) is 0 Å². The van der Waals surface area contributed by atoms with E-state index >= 15 is 0 Å². The fourth-order valence-corrected chi connectivity index (χ4v) is 4.41. The molecule has 0 aromatic rings. The topological polar surface area (TPSA) is 24.1 Å². The van der Waals surface area contributed by atoms with Crippen LogP contribution in [0.4, 0.5) is 0 Å². The van der Waals surface area contributed by atoms with Crippen LogP contribution in [0.15, 0.2) is 0 Å². The molecule has 0 amide bonds. The van der Waals surface area contributed by atoms with Gasteiger partial charge in [0.25, 0.3) is 0 Å². The van der Waals surface area contributed by atoms with E-state index < -0.39 is 0 Å². The normalized spacial score (nSPS) is 30.9. The predicted octanol–water partition coefficient (Wildman–Crippen LogP) is 3.57. The van der Waals surface area contributed by atoms with Gasteiger partial charge in [-0.05, 0) is 69.4 Å². The van der Waals surface area contributed by atoms with Gasteiger partial charge in [0, 0.05) is 12.6 Å². The van der Waals surface area contributed by atoms with Crippen molar-refractivity contribution in [2.45, 2.75) is 71.8 Å². The maximum atomic E-state index is 3.84. The molecule has 1 aliphatic carbocycles. The molecule has 2 rings (SSSR count). The Morgan fingerprint density at radius 2 is 2.00 bits per heavy atom. The van der Waals surface area contributed by atoms with Crippen LogP contribution in [0.5, 0.6) is 0 Å². The van der Waals surface area contributed by atoms with Gasteiger partial charge >= 0.3 is 0 Å². The Labute approximate surface area is 120 Å². The molecule has 1 heterocycles. The highest BCUT2D eigenvalue weighted by atomic mass is 14.9. The summed E-state index contributed by atoms with van der Waals surface area (Å²) in [5, 5.41) is 7.39. The lowest BCUT2D eigenvalue weighted by Gasteiger charge is -2.33. The molecule has 2 unspecified atom stereocenters. The number of nitrogens with one attached hydrogen (secondary N) is 2. The van der Waals surface area contributed by atoms with Gasteiger partial charge in [0.05, 0.1) is 0 Å². The third-order valence-electron chi connectivity index (χ3n) is 5.17. The summed E-state index contributed by atoms with van der Waals surface area (Å²) in [4.78, 5) is 0. The van der Waals surface area contributed by atoms with Gasteiger partial charge in [0.1, 0.15) is 0 Å². The number of piperidine rings is 1. The van der Waals surface area contributed by atoms with Crippen LogP contribution in [0.2, 0.25) is 0 Å². The summed E-state index contributed by atoms with van der Waals surface area (Å²) in [6, 6.07) is 0.719. The van der Waals surface area contributed by atoms with Gasteiger partial charge in [-0.1, -0.05) is 26.7 Å². The zero-order valence-electron chi connectivity index (χ0n) is 13.3. The number of hydrogen-bond donors (Lipinski definition) is 2. The van der Waals surface area contributed by atoms with Gasteiger partial charge in [0.2, 0.25) is 0 Å². The average molecular weight is 266 g/mol. The minimum absolute atomic E-state index is 0.632. The van der Waals surface area contributed by atoms with Crippen molar-refractivity contribution in [2.24, 2.45) is 17.3 Å². The van der Waals surface area contributed by atoms with E-state index in [4.69, 9.17) is 0 Å². The van der Waals surface area contributed by atoms with E-state index in [0.717, 1.165) is 17.9 Å². The van der Waals surface area contributed by atoms with Crippen LogP contribution >= 0.6 is 0 Å². The van der Waals surface area contributed by atoms with E-state index in [0.29, 0.717) is 5.41 Å². The van der Waals surface area contributed by atoms with Crippen molar-refractivity contribution in [3.8, 4) is 0 Å². The summed E-state index contributed by atoms with van der Waals surface area (Å²) in [6.45, 7) is 10.8. The highest BCUT2D eigenvalue weighted by Gasteiger charge is 2.34. The van der Waals surface area contributed by atoms with Gasteiger partial charge in [-0.25, -0.2) is 0 Å². The highest BCUT2D eigenvalue weighted by Crippen LogP contribution is 2.42. The average Bonchev–Trinajstić information content (AvgIpc) is 2.77. The van der Waals surface area contributed by atoms with E-state index in [2.05, 4.69) is 31.4 Å². The fraction of sp³-hybridized carbons (Fsp3) is 1.00. The Balaban J connectivity index is 1.73. The molecule has 112 valence electrons. The van der Waals surface area contributed by atoms with Crippen molar-refractivity contribution in [2.75, 3.05) is 19.6 Å². The molecular formula is C17H34N2. The maximum absolute atomic E-state index is 3.84. The molecule has 2 atom stereocenters. The fourth-order valence-electron chi connectivity index (χ4n) is 4.41. The van der Waals surface area contributed by atoms with E-state index in [1.54, 1.807) is 0 Å². The molecule has 2 aliphatic rings. The SMILES string of the molecule is CC(C)CC1(CNCC2CCNC(C)C2)CCCC1. The molecule has 1 saturated heterocycles. The first-order valence-corrected chi connectivity index (χ1v) is 8.54. The first-order chi connectivity index (χ1) is 9.10. The molecule has 0 radical (unpaired) electrons. The van der Waals surface area contributed by atoms with Crippen LogP contribution in [0.25, 0.3) is 0 Å². The quantitative estimate of drug-likeness (QED) is 0.768. The van der Waals surface area contributed by atoms with Crippen LogP contribution in [0, 0.1) is 17.3 Å². The maximum Gasteiger partial charge on any atom is 0.00418 e. The van der Waals surface area contributed by atoms with Crippen molar-refractivity contribution in [3.63, 3.8) is 0 Å². The van der Waals surface area contributed by atoms with E-state index in [1.807, 2.05) is 0 Å². The molecule has 2 N–H and O–H groups in total. The second-order valence-corrected chi connectivity index (χ2v) is 7.68. The summed E-state index contributed by atoms with van der Waals surface area (Å²) < 4.78 is 0. The van der Waals surface area contributed by atoms with Crippen LogP contribution in [-0.4, -0.2) is 25.7 Å². The van der Waals surface area contributed by atoms with Gasteiger partial charge in [-0.2, -0.15) is 0 Å². The summed E-state index contributed by atoms with van der Waals surface area (Å²) in [6.07, 6.45) is 9.96. The third-order valence-corrected chi connectivity index (χ3v) is 5.17. The van der Waals surface area contributed by atoms with Crippen LogP contribution in [0.1, 0.15) is 65.7 Å². The lowest BCUT2D eigenvalue weighted by Crippen LogP contribution is -2.41. The van der Waals surface area contributed by atoms with Gasteiger partial charge in [-0.15, -0.1) is 0 Å². The van der Waals surface area contributed by atoms with Gasteiger partial charge in [0.15, 0.2) is 0 Å². The minimum Gasteiger partial charge on any atom is -0.316 e. The zero-order valence-corrected chi connectivity index (χ0v) is 13.3. The minimum atomic E-state index is 0.632. The third kappa shape index (κ3) is 4.75. The monoisotopic (exact) mass is 266 g/mol. The predicted molar refractivity (Wildman–Crippen MR) is 83.4 cm³/mol. The first kappa shape index (κ1) is 15.3. The summed E-state index contributed by atoms with van der Waals surface area (Å²) >= 11 is 0. The second kappa shape index (κ2) is 7.08. The summed E-state index contributed by atoms with van der Waals surface area (Å²) in [5.74, 6) is 1.74. The first-order valence-electron chi connectivity index (χ1n) is 8.54. The zero-order chi connectivity index (χ0) is 13.7. The smallest absolute Gasteiger partial charge is 0.00418 e. The Hall–Kier alpha value is -0.0800. The van der Waals surface area contributed by atoms with Crippen LogP contribution in [-0.2, 0) is 0 Å². The van der Waals surface area contributed by atoms with Crippen molar-refractivity contribution in [1.29, 1.82) is 0 Å². The summed E-state index contributed by atoms with van der Waals surface area (Å²) in [7, 11) is 0. The Kier molecular flexibility index (Phi) is 5.70. The standard InChI is InChI=1S/C17H34N2/c1-14(2)11-17(7-4-5-8-17)13-18-12-16-6-9-19-15(3)10-16/h14-16,18-19H,4-13H2,1-3H3. The summed E-state index contributed by atoms with van der Waals surface area (Å²) in [5.41, 5.74) is 0.632. The van der Waals surface area contributed by atoms with Crippen molar-refractivity contribution < 1.29 is 0 Å². The van der Waals surface area contributed by atoms with Gasteiger partial charge in [-0.3, -0.25) is 0 Å². The number of rotatable bonds is 6. The van der Waals surface area contributed by atoms with Gasteiger partial charge < -0.3 is 10.6 Å². The molecule has 2 nitrogen and oxygen atoms in total. The Morgan fingerprint density at radius 1 is 1.26 bits per heavy atom. The van der Waals surface area contributed by atoms with E-state index in [9.17, 15) is 0 Å². The molecule has 2 heteroatoms. The molecule has 1 aliphatic heterocycles. The van der Waals surface area contributed by atoms with Crippen molar-refractivity contribution in [3.05, 3.63) is 0 Å². The highest BCUT2D eigenvalue weighted by molar-refractivity contribution is 4.88. The largest absolute Gasteiger partial charge is 0.316 e. The second-order valence-electron chi connectivity index (χ2n) is 7.68. The molecule has 0 aromatic carbocycles. The van der Waals surface area contributed by atoms with Crippen molar-refractivity contribution in [1.82, 2.24) is 10.6 Å². The Morgan fingerprint density at radius 3 is 2.63 bits per heavy atom. The van der Waals surface area contributed by atoms with Crippen LogP contribution in [0.3, 0.4) is 0 Å². The molecule has 1 saturated carbocycles. The van der Waals surface area contributed by atoms with Crippen LogP contribution < -0.4 is 10.6 Å². The Bertz CT molecular complexity index is 256. The van der Waals surface area contributed by atoms with E-state index in [1.165, 1.54) is 64.6 Å². The lowest BCUT2D eigenvalue weighted by molar-refractivity contribution is 0.212. The molecule has 19 heavy (non-hydrogen) atoms. The molecule has 0 spiro atoms.